The van der Waals surface area contributed by atoms with Gasteiger partial charge in [0.2, 0.25) is 0 Å². The van der Waals surface area contributed by atoms with Crippen LogP contribution in [0.2, 0.25) is 0 Å². The fourth-order valence-electron chi connectivity index (χ4n) is 3.43. The Morgan fingerprint density at radius 1 is 1.24 bits per heavy atom. The van der Waals surface area contributed by atoms with E-state index in [0.717, 1.165) is 19.6 Å². The minimum Gasteiger partial charge on any atom is -0.481 e. The average Bonchev–Trinajstić information content (AvgIpc) is 2.81. The van der Waals surface area contributed by atoms with Crippen LogP contribution in [-0.2, 0) is 4.79 Å². The molecule has 3 atom stereocenters. The van der Waals surface area contributed by atoms with Crippen LogP contribution in [0.5, 0.6) is 0 Å². The molecule has 2 amide bonds. The maximum Gasteiger partial charge on any atom is 0.317 e. The largest absolute Gasteiger partial charge is 0.481 e. The highest BCUT2D eigenvalue weighted by Gasteiger charge is 2.38. The summed E-state index contributed by atoms with van der Waals surface area (Å²) >= 11 is 0. The topological polar surface area (TPSA) is 72.9 Å². The highest BCUT2D eigenvalue weighted by atomic mass is 16.4. The molecule has 6 nitrogen and oxygen atoms in total. The van der Waals surface area contributed by atoms with Gasteiger partial charge >= 0.3 is 12.0 Å². The molecule has 2 fully saturated rings. The van der Waals surface area contributed by atoms with Crippen molar-refractivity contribution in [2.24, 2.45) is 5.92 Å². The van der Waals surface area contributed by atoms with Crippen molar-refractivity contribution >= 4 is 12.0 Å². The fraction of sp³-hybridized carbons (Fsp3) is 0.867. The Balaban J connectivity index is 1.79. The van der Waals surface area contributed by atoms with Crippen LogP contribution in [0.25, 0.3) is 0 Å². The number of piperidine rings is 1. The molecule has 2 aliphatic rings. The standard InChI is InChI=1S/C15H27N3O3/c1-11(10-17-7-4-3-5-8-17)16-15(21)18-9-6-13(12(18)2)14(19)20/h11-13H,3-10H2,1-2H3,(H,16,21)(H,19,20). The van der Waals surface area contributed by atoms with Crippen molar-refractivity contribution in [2.45, 2.75) is 51.6 Å². The van der Waals surface area contributed by atoms with Gasteiger partial charge < -0.3 is 20.2 Å². The number of carboxylic acid groups (broad SMARTS) is 1. The zero-order valence-corrected chi connectivity index (χ0v) is 13.0. The van der Waals surface area contributed by atoms with Gasteiger partial charge in [0.15, 0.2) is 0 Å². The SMILES string of the molecule is CC(CN1CCCCC1)NC(=O)N1CCC(C(=O)O)C1C. The van der Waals surface area contributed by atoms with E-state index in [2.05, 4.69) is 10.2 Å². The summed E-state index contributed by atoms with van der Waals surface area (Å²) in [6, 6.07) is -0.271. The average molecular weight is 297 g/mol. The van der Waals surface area contributed by atoms with E-state index in [-0.39, 0.29) is 18.1 Å². The molecular formula is C15H27N3O3. The van der Waals surface area contributed by atoms with Gasteiger partial charge in [-0.05, 0) is 46.2 Å². The highest BCUT2D eigenvalue weighted by molar-refractivity contribution is 5.78. The number of hydrogen-bond acceptors (Lipinski definition) is 3. The fourth-order valence-corrected chi connectivity index (χ4v) is 3.43. The summed E-state index contributed by atoms with van der Waals surface area (Å²) in [5.41, 5.74) is 0. The molecule has 3 unspecified atom stereocenters. The molecule has 21 heavy (non-hydrogen) atoms. The number of carboxylic acids is 1. The maximum atomic E-state index is 12.3. The Hall–Kier alpha value is -1.30. The first-order valence-corrected chi connectivity index (χ1v) is 8.01. The number of hydrogen-bond donors (Lipinski definition) is 2. The van der Waals surface area contributed by atoms with E-state index in [1.54, 1.807) is 4.90 Å². The third-order valence-corrected chi connectivity index (χ3v) is 4.68. The molecule has 0 aromatic rings. The van der Waals surface area contributed by atoms with E-state index in [1.807, 2.05) is 13.8 Å². The van der Waals surface area contributed by atoms with Crippen LogP contribution in [0.15, 0.2) is 0 Å². The molecule has 0 saturated carbocycles. The molecule has 2 aliphatic heterocycles. The van der Waals surface area contributed by atoms with Crippen LogP contribution in [0.4, 0.5) is 4.79 Å². The van der Waals surface area contributed by atoms with Gasteiger partial charge in [-0.2, -0.15) is 0 Å². The number of urea groups is 1. The molecule has 6 heteroatoms. The molecule has 0 aromatic carbocycles. The summed E-state index contributed by atoms with van der Waals surface area (Å²) < 4.78 is 0. The van der Waals surface area contributed by atoms with Crippen molar-refractivity contribution in [1.82, 2.24) is 15.1 Å². The molecule has 0 aliphatic carbocycles. The molecule has 0 bridgehead atoms. The number of rotatable bonds is 4. The number of nitrogens with zero attached hydrogens (tertiary/aromatic N) is 2. The zero-order valence-electron chi connectivity index (χ0n) is 13.0. The highest BCUT2D eigenvalue weighted by Crippen LogP contribution is 2.24. The van der Waals surface area contributed by atoms with E-state index in [4.69, 9.17) is 5.11 Å². The minimum atomic E-state index is -0.806. The van der Waals surface area contributed by atoms with Gasteiger partial charge in [0.1, 0.15) is 0 Å². The first-order valence-electron chi connectivity index (χ1n) is 8.01. The summed E-state index contributed by atoms with van der Waals surface area (Å²) in [4.78, 5) is 27.4. The second-order valence-electron chi connectivity index (χ2n) is 6.38. The van der Waals surface area contributed by atoms with Gasteiger partial charge in [-0.25, -0.2) is 4.79 Å². The maximum absolute atomic E-state index is 12.3. The lowest BCUT2D eigenvalue weighted by Crippen LogP contribution is -2.50. The van der Waals surface area contributed by atoms with Gasteiger partial charge in [-0.15, -0.1) is 0 Å². The Kier molecular flexibility index (Phi) is 5.45. The number of amides is 2. The second-order valence-corrected chi connectivity index (χ2v) is 6.38. The van der Waals surface area contributed by atoms with Gasteiger partial charge in [-0.3, -0.25) is 4.79 Å². The van der Waals surface area contributed by atoms with Gasteiger partial charge in [-0.1, -0.05) is 6.42 Å². The quantitative estimate of drug-likeness (QED) is 0.822. The summed E-state index contributed by atoms with van der Waals surface area (Å²) in [7, 11) is 0. The Labute approximate surface area is 126 Å². The molecule has 2 N–H and O–H groups in total. The lowest BCUT2D eigenvalue weighted by atomic mass is 10.0. The van der Waals surface area contributed by atoms with E-state index in [9.17, 15) is 9.59 Å². The number of carbonyl (C=O) groups is 2. The normalized spacial score (nSPS) is 28.4. The molecule has 2 rings (SSSR count). The third kappa shape index (κ3) is 4.09. The second kappa shape index (κ2) is 7.11. The van der Waals surface area contributed by atoms with Gasteiger partial charge in [0.05, 0.1) is 5.92 Å². The number of nitrogens with one attached hydrogen (secondary N) is 1. The van der Waals surface area contributed by atoms with Crippen LogP contribution in [0.3, 0.4) is 0 Å². The van der Waals surface area contributed by atoms with Crippen molar-refractivity contribution in [3.05, 3.63) is 0 Å². The van der Waals surface area contributed by atoms with Crippen LogP contribution in [0, 0.1) is 5.92 Å². The molecule has 0 radical (unpaired) electrons. The third-order valence-electron chi connectivity index (χ3n) is 4.68. The van der Waals surface area contributed by atoms with Crippen molar-refractivity contribution in [2.75, 3.05) is 26.2 Å². The minimum absolute atomic E-state index is 0.0895. The Morgan fingerprint density at radius 3 is 2.48 bits per heavy atom. The predicted octanol–water partition coefficient (Wildman–Crippen LogP) is 1.37. The molecular weight excluding hydrogens is 270 g/mol. The number of likely N-dealkylation sites (tertiary alicyclic amines) is 2. The van der Waals surface area contributed by atoms with Crippen LogP contribution in [0.1, 0.15) is 39.5 Å². The smallest absolute Gasteiger partial charge is 0.317 e. The molecule has 120 valence electrons. The van der Waals surface area contributed by atoms with Crippen molar-refractivity contribution in [1.29, 1.82) is 0 Å². The van der Waals surface area contributed by atoms with E-state index >= 15 is 0 Å². The molecule has 0 spiro atoms. The molecule has 0 aromatic heterocycles. The van der Waals surface area contributed by atoms with E-state index in [0.29, 0.717) is 13.0 Å². The lowest BCUT2D eigenvalue weighted by Gasteiger charge is -2.31. The van der Waals surface area contributed by atoms with Crippen LogP contribution >= 0.6 is 0 Å². The van der Waals surface area contributed by atoms with Crippen molar-refractivity contribution in [3.8, 4) is 0 Å². The monoisotopic (exact) mass is 297 g/mol. The molecule has 2 saturated heterocycles. The molecule has 2 heterocycles. The Morgan fingerprint density at radius 2 is 1.90 bits per heavy atom. The van der Waals surface area contributed by atoms with Crippen LogP contribution < -0.4 is 5.32 Å². The van der Waals surface area contributed by atoms with Gasteiger partial charge in [0.25, 0.3) is 0 Å². The van der Waals surface area contributed by atoms with Crippen molar-refractivity contribution in [3.63, 3.8) is 0 Å². The number of aliphatic carboxylic acids is 1. The summed E-state index contributed by atoms with van der Waals surface area (Å²) in [5.74, 6) is -1.24. The summed E-state index contributed by atoms with van der Waals surface area (Å²) in [5, 5.41) is 12.1. The van der Waals surface area contributed by atoms with E-state index < -0.39 is 11.9 Å². The zero-order chi connectivity index (χ0) is 15.4. The van der Waals surface area contributed by atoms with Crippen LogP contribution in [-0.4, -0.2) is 65.2 Å². The van der Waals surface area contributed by atoms with Gasteiger partial charge in [0, 0.05) is 25.2 Å². The predicted molar refractivity (Wildman–Crippen MR) is 80.2 cm³/mol. The number of carbonyl (C=O) groups excluding carboxylic acids is 1. The first kappa shape index (κ1) is 16.1. The lowest BCUT2D eigenvalue weighted by molar-refractivity contribution is -0.142. The van der Waals surface area contributed by atoms with Crippen molar-refractivity contribution < 1.29 is 14.7 Å². The summed E-state index contributed by atoms with van der Waals surface area (Å²) in [6.07, 6.45) is 4.33. The Bertz CT molecular complexity index is 382. The summed E-state index contributed by atoms with van der Waals surface area (Å²) in [6.45, 7) is 7.46. The first-order chi connectivity index (χ1) is 9.99. The van der Waals surface area contributed by atoms with E-state index in [1.165, 1.54) is 19.3 Å².